The first kappa shape index (κ1) is 19.4. The fourth-order valence-corrected chi connectivity index (χ4v) is 4.49. The Morgan fingerprint density at radius 3 is 2.21 bits per heavy atom. The summed E-state index contributed by atoms with van der Waals surface area (Å²) in [5, 5.41) is 2.81. The molecule has 0 unspecified atom stereocenters. The maximum Gasteiger partial charge on any atom is 0.325 e. The quantitative estimate of drug-likeness (QED) is 0.612. The predicted molar refractivity (Wildman–Crippen MR) is 107 cm³/mol. The fraction of sp³-hybridized carbons (Fsp3) is 0.524. The van der Waals surface area contributed by atoms with Gasteiger partial charge < -0.3 is 15.1 Å². The molecule has 1 aromatic carbocycles. The first-order valence-corrected chi connectivity index (χ1v) is 10.2. The molecule has 3 fully saturated rings. The van der Waals surface area contributed by atoms with Crippen molar-refractivity contribution in [2.75, 3.05) is 37.6 Å². The number of imide groups is 1. The number of ketones is 1. The van der Waals surface area contributed by atoms with Gasteiger partial charge in [0, 0.05) is 37.4 Å². The molecule has 1 saturated carbocycles. The molecular weight excluding hydrogens is 372 g/mol. The van der Waals surface area contributed by atoms with Crippen molar-refractivity contribution >= 4 is 29.3 Å². The molecule has 2 heterocycles. The Morgan fingerprint density at radius 1 is 1.00 bits per heavy atom. The van der Waals surface area contributed by atoms with E-state index < -0.39 is 11.6 Å². The third kappa shape index (κ3) is 3.59. The summed E-state index contributed by atoms with van der Waals surface area (Å²) < 4.78 is 0. The predicted octanol–water partition coefficient (Wildman–Crippen LogP) is 1.40. The number of amides is 4. The molecule has 0 bridgehead atoms. The van der Waals surface area contributed by atoms with Crippen molar-refractivity contribution in [2.24, 2.45) is 0 Å². The Balaban J connectivity index is 1.33. The summed E-state index contributed by atoms with van der Waals surface area (Å²) >= 11 is 0. The smallest absolute Gasteiger partial charge is 0.325 e. The number of urea groups is 1. The van der Waals surface area contributed by atoms with Crippen molar-refractivity contribution in [3.05, 3.63) is 29.8 Å². The Bertz CT molecular complexity index is 837. The third-order valence-electron chi connectivity index (χ3n) is 6.27. The Hall–Kier alpha value is -2.90. The number of carbonyl (C=O) groups excluding carboxylic acids is 4. The van der Waals surface area contributed by atoms with E-state index in [-0.39, 0.29) is 24.1 Å². The topological polar surface area (TPSA) is 90.0 Å². The molecule has 154 valence electrons. The highest BCUT2D eigenvalue weighted by Gasteiger charge is 2.52. The van der Waals surface area contributed by atoms with Crippen LogP contribution < -0.4 is 10.2 Å². The van der Waals surface area contributed by atoms with Crippen molar-refractivity contribution in [3.63, 3.8) is 0 Å². The van der Waals surface area contributed by atoms with E-state index in [1.807, 2.05) is 24.3 Å². The zero-order valence-corrected chi connectivity index (χ0v) is 16.6. The number of carbonyl (C=O) groups is 4. The molecule has 4 amide bonds. The van der Waals surface area contributed by atoms with E-state index in [2.05, 4.69) is 10.2 Å². The van der Waals surface area contributed by atoms with E-state index in [1.165, 1.54) is 0 Å². The molecule has 1 aliphatic carbocycles. The summed E-state index contributed by atoms with van der Waals surface area (Å²) in [7, 11) is 0. The van der Waals surface area contributed by atoms with Crippen LogP contribution in [0.4, 0.5) is 10.5 Å². The van der Waals surface area contributed by atoms with Crippen molar-refractivity contribution in [3.8, 4) is 0 Å². The fourth-order valence-electron chi connectivity index (χ4n) is 4.49. The lowest BCUT2D eigenvalue weighted by Gasteiger charge is -2.36. The van der Waals surface area contributed by atoms with Crippen LogP contribution in [0.5, 0.6) is 0 Å². The van der Waals surface area contributed by atoms with Gasteiger partial charge >= 0.3 is 6.03 Å². The molecule has 1 spiro atoms. The molecule has 0 radical (unpaired) electrons. The number of Topliss-reactive ketones (excluding diaryl/α,β-unsaturated/α-hetero) is 1. The lowest BCUT2D eigenvalue weighted by atomic mass is 9.98. The minimum Gasteiger partial charge on any atom is -0.368 e. The lowest BCUT2D eigenvalue weighted by Crippen LogP contribution is -2.52. The van der Waals surface area contributed by atoms with Gasteiger partial charge in [0.15, 0.2) is 5.78 Å². The zero-order chi connectivity index (χ0) is 20.6. The van der Waals surface area contributed by atoms with Gasteiger partial charge in [0.2, 0.25) is 5.91 Å². The molecule has 8 heteroatoms. The first-order valence-electron chi connectivity index (χ1n) is 10.2. The molecule has 2 aliphatic heterocycles. The van der Waals surface area contributed by atoms with E-state index in [0.29, 0.717) is 44.6 Å². The SMILES string of the molecule is CC(=O)c1ccc(N2CCN(C(=O)CN3C(=O)NC4(CCCC4)C3=O)CC2)cc1. The van der Waals surface area contributed by atoms with Crippen LogP contribution in [-0.2, 0) is 9.59 Å². The maximum atomic E-state index is 12.7. The molecule has 29 heavy (non-hydrogen) atoms. The number of nitrogens with zero attached hydrogens (tertiary/aromatic N) is 3. The number of rotatable bonds is 4. The second kappa shape index (κ2) is 7.50. The Labute approximate surface area is 169 Å². The molecule has 1 aromatic rings. The van der Waals surface area contributed by atoms with E-state index in [4.69, 9.17) is 0 Å². The average molecular weight is 398 g/mol. The van der Waals surface area contributed by atoms with Crippen molar-refractivity contribution in [2.45, 2.75) is 38.1 Å². The second-order valence-electron chi connectivity index (χ2n) is 8.08. The summed E-state index contributed by atoms with van der Waals surface area (Å²) in [4.78, 5) is 54.0. The molecule has 8 nitrogen and oxygen atoms in total. The van der Waals surface area contributed by atoms with Crippen molar-refractivity contribution < 1.29 is 19.2 Å². The van der Waals surface area contributed by atoms with Crippen LogP contribution in [0, 0.1) is 0 Å². The molecule has 0 aromatic heterocycles. The summed E-state index contributed by atoms with van der Waals surface area (Å²) in [5.74, 6) is -0.417. The van der Waals surface area contributed by atoms with Crippen LogP contribution in [0.3, 0.4) is 0 Å². The van der Waals surface area contributed by atoms with Gasteiger partial charge in [-0.05, 0) is 44.0 Å². The monoisotopic (exact) mass is 398 g/mol. The summed E-state index contributed by atoms with van der Waals surface area (Å²) in [5.41, 5.74) is 0.915. The number of hydrogen-bond donors (Lipinski definition) is 1. The highest BCUT2D eigenvalue weighted by molar-refractivity contribution is 6.09. The van der Waals surface area contributed by atoms with Crippen molar-refractivity contribution in [1.29, 1.82) is 0 Å². The van der Waals surface area contributed by atoms with Gasteiger partial charge in [0.25, 0.3) is 5.91 Å². The van der Waals surface area contributed by atoms with Gasteiger partial charge in [-0.3, -0.25) is 19.3 Å². The van der Waals surface area contributed by atoms with Crippen LogP contribution in [0.15, 0.2) is 24.3 Å². The first-order chi connectivity index (χ1) is 13.9. The number of nitrogens with one attached hydrogen (secondary N) is 1. The van der Waals surface area contributed by atoms with E-state index in [0.717, 1.165) is 23.4 Å². The van der Waals surface area contributed by atoms with Crippen LogP contribution >= 0.6 is 0 Å². The molecule has 1 N–H and O–H groups in total. The highest BCUT2D eigenvalue weighted by atomic mass is 16.2. The van der Waals surface area contributed by atoms with E-state index in [9.17, 15) is 19.2 Å². The molecule has 3 aliphatic rings. The largest absolute Gasteiger partial charge is 0.368 e. The van der Waals surface area contributed by atoms with Crippen LogP contribution in [0.1, 0.15) is 43.0 Å². The third-order valence-corrected chi connectivity index (χ3v) is 6.27. The number of benzene rings is 1. The summed E-state index contributed by atoms with van der Waals surface area (Å²) in [6, 6.07) is 7.01. The lowest BCUT2D eigenvalue weighted by molar-refractivity contribution is -0.139. The van der Waals surface area contributed by atoms with Crippen LogP contribution in [0.2, 0.25) is 0 Å². The summed E-state index contributed by atoms with van der Waals surface area (Å²) in [6.07, 6.45) is 3.15. The average Bonchev–Trinajstić information content (AvgIpc) is 3.29. The molecule has 2 saturated heterocycles. The van der Waals surface area contributed by atoms with Gasteiger partial charge in [-0.2, -0.15) is 0 Å². The van der Waals surface area contributed by atoms with Gasteiger partial charge in [0.1, 0.15) is 12.1 Å². The normalized spacial score (nSPS) is 21.1. The number of hydrogen-bond acceptors (Lipinski definition) is 5. The minimum atomic E-state index is -0.776. The Kier molecular flexibility index (Phi) is 5.02. The second-order valence-corrected chi connectivity index (χ2v) is 8.08. The standard InChI is InChI=1S/C21H26N4O4/c1-15(26)16-4-6-17(7-5-16)23-10-12-24(13-11-23)18(27)14-25-19(28)21(22-20(25)29)8-2-3-9-21/h4-7H,2-3,8-14H2,1H3,(H,22,29). The molecule has 0 atom stereocenters. The van der Waals surface area contributed by atoms with Crippen LogP contribution in [0.25, 0.3) is 0 Å². The minimum absolute atomic E-state index is 0.0341. The van der Waals surface area contributed by atoms with Crippen molar-refractivity contribution in [1.82, 2.24) is 15.1 Å². The van der Waals surface area contributed by atoms with Gasteiger partial charge in [-0.1, -0.05) is 12.8 Å². The van der Waals surface area contributed by atoms with Gasteiger partial charge in [-0.25, -0.2) is 4.79 Å². The van der Waals surface area contributed by atoms with E-state index >= 15 is 0 Å². The Morgan fingerprint density at radius 2 is 1.62 bits per heavy atom. The highest BCUT2D eigenvalue weighted by Crippen LogP contribution is 2.35. The molecule has 4 rings (SSSR count). The van der Waals surface area contributed by atoms with Crippen LogP contribution in [-0.4, -0.2) is 71.7 Å². The zero-order valence-electron chi connectivity index (χ0n) is 16.6. The van der Waals surface area contributed by atoms with Gasteiger partial charge in [-0.15, -0.1) is 0 Å². The maximum absolute atomic E-state index is 12.7. The molecular formula is C21H26N4O4. The summed E-state index contributed by atoms with van der Waals surface area (Å²) in [6.45, 7) is 3.73. The number of anilines is 1. The van der Waals surface area contributed by atoms with Gasteiger partial charge in [0.05, 0.1) is 0 Å². The number of piperazine rings is 1. The van der Waals surface area contributed by atoms with E-state index in [1.54, 1.807) is 11.8 Å².